The molecule has 5 nitrogen and oxygen atoms in total. The van der Waals surface area contributed by atoms with Crippen LogP contribution in [-0.2, 0) is 9.59 Å². The molecule has 0 saturated carbocycles. The number of unbranched alkanes of at least 4 members (excludes halogenated alkanes) is 4. The van der Waals surface area contributed by atoms with Gasteiger partial charge in [-0.3, -0.25) is 15.0 Å². The summed E-state index contributed by atoms with van der Waals surface area (Å²) in [5.74, 6) is 4.66. The van der Waals surface area contributed by atoms with Gasteiger partial charge in [-0.1, -0.05) is 32.6 Å². The third kappa shape index (κ3) is 4.34. The maximum absolute atomic E-state index is 11.6. The van der Waals surface area contributed by atoms with Gasteiger partial charge < -0.3 is 4.90 Å². The quantitative estimate of drug-likeness (QED) is 0.299. The van der Waals surface area contributed by atoms with E-state index in [1.165, 1.54) is 19.3 Å². The van der Waals surface area contributed by atoms with Crippen molar-refractivity contribution in [3.63, 3.8) is 0 Å². The third-order valence-electron chi connectivity index (χ3n) is 3.26. The second-order valence-corrected chi connectivity index (χ2v) is 4.66. The minimum absolute atomic E-state index is 0.0779. The van der Waals surface area contributed by atoms with Crippen molar-refractivity contribution in [3.8, 4) is 0 Å². The Morgan fingerprint density at radius 2 is 2.12 bits per heavy atom. The van der Waals surface area contributed by atoms with Crippen molar-refractivity contribution in [1.29, 1.82) is 0 Å². The summed E-state index contributed by atoms with van der Waals surface area (Å²) in [7, 11) is 0. The summed E-state index contributed by atoms with van der Waals surface area (Å²) in [6.45, 7) is 3.48. The summed E-state index contributed by atoms with van der Waals surface area (Å²) in [4.78, 5) is 24.7. The maximum Gasteiger partial charge on any atom is 0.239 e. The van der Waals surface area contributed by atoms with Gasteiger partial charge in [-0.2, -0.15) is 0 Å². The van der Waals surface area contributed by atoms with Crippen molar-refractivity contribution >= 4 is 11.8 Å². The van der Waals surface area contributed by atoms with Crippen LogP contribution in [0.3, 0.4) is 0 Å². The van der Waals surface area contributed by atoms with Gasteiger partial charge >= 0.3 is 0 Å². The van der Waals surface area contributed by atoms with Crippen molar-refractivity contribution in [2.24, 2.45) is 11.8 Å². The molecule has 0 aromatic rings. The standard InChI is InChI=1S/C12H23N3O2/c1-2-3-4-5-6-7-15-9-10(8-11(15)16)12(17)14-13/h10H,2-9,13H2,1H3,(H,14,17). The molecule has 1 rings (SSSR count). The SMILES string of the molecule is CCCCCCCN1CC(C(=O)NN)CC1=O. The molecule has 1 aliphatic heterocycles. The number of amides is 2. The minimum atomic E-state index is -0.261. The summed E-state index contributed by atoms with van der Waals surface area (Å²) in [5, 5.41) is 0. The Kier molecular flexibility index (Phi) is 5.97. The molecule has 0 aliphatic carbocycles. The average molecular weight is 241 g/mol. The van der Waals surface area contributed by atoms with E-state index in [9.17, 15) is 9.59 Å². The van der Waals surface area contributed by atoms with E-state index in [4.69, 9.17) is 5.84 Å². The van der Waals surface area contributed by atoms with Gasteiger partial charge in [0.05, 0.1) is 5.92 Å². The molecule has 17 heavy (non-hydrogen) atoms. The molecule has 1 fully saturated rings. The van der Waals surface area contributed by atoms with Crippen molar-refractivity contribution < 1.29 is 9.59 Å². The monoisotopic (exact) mass is 241 g/mol. The van der Waals surface area contributed by atoms with Crippen LogP contribution in [-0.4, -0.2) is 29.8 Å². The van der Waals surface area contributed by atoms with Crippen LogP contribution in [0.1, 0.15) is 45.4 Å². The number of nitrogens with two attached hydrogens (primary N) is 1. The number of likely N-dealkylation sites (tertiary alicyclic amines) is 1. The van der Waals surface area contributed by atoms with Crippen molar-refractivity contribution in [3.05, 3.63) is 0 Å². The largest absolute Gasteiger partial charge is 0.342 e. The van der Waals surface area contributed by atoms with Crippen LogP contribution >= 0.6 is 0 Å². The van der Waals surface area contributed by atoms with Crippen LogP contribution in [0.25, 0.3) is 0 Å². The molecule has 0 spiro atoms. The topological polar surface area (TPSA) is 75.4 Å². The Morgan fingerprint density at radius 1 is 1.41 bits per heavy atom. The van der Waals surface area contributed by atoms with E-state index in [0.29, 0.717) is 13.0 Å². The number of hydrogen-bond donors (Lipinski definition) is 2. The highest BCUT2D eigenvalue weighted by molar-refractivity contribution is 5.88. The van der Waals surface area contributed by atoms with Crippen molar-refractivity contribution in [1.82, 2.24) is 10.3 Å². The van der Waals surface area contributed by atoms with Crippen LogP contribution in [0.5, 0.6) is 0 Å². The van der Waals surface area contributed by atoms with E-state index in [1.807, 2.05) is 0 Å². The van der Waals surface area contributed by atoms with Gasteiger partial charge in [-0.25, -0.2) is 5.84 Å². The summed E-state index contributed by atoms with van der Waals surface area (Å²) < 4.78 is 0. The lowest BCUT2D eigenvalue weighted by Gasteiger charge is -2.15. The molecular formula is C12H23N3O2. The van der Waals surface area contributed by atoms with E-state index >= 15 is 0 Å². The van der Waals surface area contributed by atoms with Crippen LogP contribution in [0.2, 0.25) is 0 Å². The van der Waals surface area contributed by atoms with Gasteiger partial charge in [0.15, 0.2) is 0 Å². The molecule has 2 amide bonds. The molecule has 0 aromatic carbocycles. The van der Waals surface area contributed by atoms with Crippen LogP contribution in [0.15, 0.2) is 0 Å². The molecule has 5 heteroatoms. The summed E-state index contributed by atoms with van der Waals surface area (Å²) >= 11 is 0. The maximum atomic E-state index is 11.6. The smallest absolute Gasteiger partial charge is 0.239 e. The first kappa shape index (κ1) is 14.0. The molecule has 3 N–H and O–H groups in total. The van der Waals surface area contributed by atoms with E-state index in [1.54, 1.807) is 4.90 Å². The number of carbonyl (C=O) groups excluding carboxylic acids is 2. The molecule has 1 aliphatic rings. The number of hydrogen-bond acceptors (Lipinski definition) is 3. The van der Waals surface area contributed by atoms with Gasteiger partial charge in [0, 0.05) is 19.5 Å². The highest BCUT2D eigenvalue weighted by Crippen LogP contribution is 2.18. The van der Waals surface area contributed by atoms with E-state index < -0.39 is 0 Å². The predicted octanol–water partition coefficient (Wildman–Crippen LogP) is 0.795. The fraction of sp³-hybridized carbons (Fsp3) is 0.833. The molecule has 1 saturated heterocycles. The van der Waals surface area contributed by atoms with Crippen LogP contribution in [0.4, 0.5) is 0 Å². The molecular weight excluding hydrogens is 218 g/mol. The zero-order valence-corrected chi connectivity index (χ0v) is 10.6. The number of nitrogens with zero attached hydrogens (tertiary/aromatic N) is 1. The summed E-state index contributed by atoms with van der Waals surface area (Å²) in [6, 6.07) is 0. The lowest BCUT2D eigenvalue weighted by atomic mass is 10.1. The summed E-state index contributed by atoms with van der Waals surface area (Å²) in [5.41, 5.74) is 2.11. The molecule has 98 valence electrons. The Balaban J connectivity index is 2.21. The van der Waals surface area contributed by atoms with Crippen molar-refractivity contribution in [2.45, 2.75) is 45.4 Å². The predicted molar refractivity (Wildman–Crippen MR) is 65.8 cm³/mol. The van der Waals surface area contributed by atoms with Gasteiger partial charge in [0.2, 0.25) is 11.8 Å². The Labute approximate surface area is 103 Å². The fourth-order valence-corrected chi connectivity index (χ4v) is 2.19. The van der Waals surface area contributed by atoms with Gasteiger partial charge in [0.25, 0.3) is 0 Å². The molecule has 0 radical (unpaired) electrons. The normalized spacial score (nSPS) is 19.8. The zero-order chi connectivity index (χ0) is 12.7. The highest BCUT2D eigenvalue weighted by Gasteiger charge is 2.33. The molecule has 1 heterocycles. The van der Waals surface area contributed by atoms with Crippen LogP contribution < -0.4 is 11.3 Å². The molecule has 0 aromatic heterocycles. The number of nitrogens with one attached hydrogen (secondary N) is 1. The molecule has 1 unspecified atom stereocenters. The first-order valence-electron chi connectivity index (χ1n) is 6.47. The molecule has 0 bridgehead atoms. The van der Waals surface area contributed by atoms with E-state index in [2.05, 4.69) is 12.3 Å². The zero-order valence-electron chi connectivity index (χ0n) is 10.6. The lowest BCUT2D eigenvalue weighted by molar-refractivity contribution is -0.129. The van der Waals surface area contributed by atoms with Gasteiger partial charge in [-0.05, 0) is 6.42 Å². The molecule has 1 atom stereocenters. The first-order chi connectivity index (χ1) is 8.19. The van der Waals surface area contributed by atoms with E-state index in [-0.39, 0.29) is 17.7 Å². The Morgan fingerprint density at radius 3 is 2.76 bits per heavy atom. The highest BCUT2D eigenvalue weighted by atomic mass is 16.2. The third-order valence-corrected chi connectivity index (χ3v) is 3.26. The minimum Gasteiger partial charge on any atom is -0.342 e. The van der Waals surface area contributed by atoms with Crippen molar-refractivity contribution in [2.75, 3.05) is 13.1 Å². The second kappa shape index (κ2) is 7.27. The number of rotatable bonds is 7. The number of hydrazine groups is 1. The fourth-order valence-electron chi connectivity index (χ4n) is 2.19. The lowest BCUT2D eigenvalue weighted by Crippen LogP contribution is -2.37. The van der Waals surface area contributed by atoms with Gasteiger partial charge in [0.1, 0.15) is 0 Å². The number of carbonyl (C=O) groups is 2. The van der Waals surface area contributed by atoms with Crippen LogP contribution in [0, 0.1) is 5.92 Å². The average Bonchev–Trinajstić information content (AvgIpc) is 2.70. The summed E-state index contributed by atoms with van der Waals surface area (Å²) in [6.07, 6.45) is 6.20. The van der Waals surface area contributed by atoms with Gasteiger partial charge in [-0.15, -0.1) is 0 Å². The second-order valence-electron chi connectivity index (χ2n) is 4.66. The Hall–Kier alpha value is -1.10. The first-order valence-corrected chi connectivity index (χ1v) is 6.47. The Bertz CT molecular complexity index is 268. The van der Waals surface area contributed by atoms with E-state index in [0.717, 1.165) is 19.4 Å².